The predicted octanol–water partition coefficient (Wildman–Crippen LogP) is 1.98. The highest BCUT2D eigenvalue weighted by atomic mass is 15.1. The van der Waals surface area contributed by atoms with E-state index in [9.17, 15) is 0 Å². The fourth-order valence-corrected chi connectivity index (χ4v) is 1.69. The molecule has 82 valence electrons. The van der Waals surface area contributed by atoms with Crippen molar-refractivity contribution in [2.75, 3.05) is 24.2 Å². The van der Waals surface area contributed by atoms with Crippen LogP contribution in [0.25, 0.3) is 0 Å². The summed E-state index contributed by atoms with van der Waals surface area (Å²) in [5.41, 5.74) is 0. The highest BCUT2D eigenvalue weighted by molar-refractivity contribution is 5.45. The molecule has 1 atom stereocenters. The summed E-state index contributed by atoms with van der Waals surface area (Å²) in [4.78, 5) is 8.25. The van der Waals surface area contributed by atoms with Crippen molar-refractivity contribution in [1.29, 1.82) is 0 Å². The third kappa shape index (κ3) is 2.81. The third-order valence-corrected chi connectivity index (χ3v) is 2.96. The molecule has 4 nitrogen and oxygen atoms in total. The molecule has 0 spiro atoms. The number of hydrogen-bond acceptors (Lipinski definition) is 4. The van der Waals surface area contributed by atoms with Gasteiger partial charge < -0.3 is 10.6 Å². The van der Waals surface area contributed by atoms with E-state index in [-0.39, 0.29) is 0 Å². The number of nitrogens with one attached hydrogen (secondary N) is 2. The molecule has 0 aromatic carbocycles. The predicted molar refractivity (Wildman–Crippen MR) is 62.0 cm³/mol. The first-order valence-corrected chi connectivity index (χ1v) is 5.53. The molecule has 0 aliphatic heterocycles. The fraction of sp³-hybridized carbons (Fsp3) is 0.636. The Morgan fingerprint density at radius 3 is 2.80 bits per heavy atom. The van der Waals surface area contributed by atoms with Crippen LogP contribution in [0.1, 0.15) is 19.8 Å². The van der Waals surface area contributed by atoms with Crippen LogP contribution in [-0.2, 0) is 0 Å². The zero-order chi connectivity index (χ0) is 10.7. The molecule has 0 bridgehead atoms. The van der Waals surface area contributed by atoms with Crippen LogP contribution in [0, 0.1) is 11.8 Å². The minimum atomic E-state index is 0.748. The first kappa shape index (κ1) is 10.2. The Bertz CT molecular complexity index is 322. The van der Waals surface area contributed by atoms with Crippen molar-refractivity contribution in [3.8, 4) is 0 Å². The Kier molecular flexibility index (Phi) is 3.04. The lowest BCUT2D eigenvalue weighted by Gasteiger charge is -2.12. The molecule has 1 unspecified atom stereocenters. The van der Waals surface area contributed by atoms with E-state index in [4.69, 9.17) is 0 Å². The molecule has 15 heavy (non-hydrogen) atoms. The van der Waals surface area contributed by atoms with Gasteiger partial charge in [-0.3, -0.25) is 0 Å². The first-order valence-electron chi connectivity index (χ1n) is 5.53. The second-order valence-electron chi connectivity index (χ2n) is 4.23. The molecule has 2 rings (SSSR count). The van der Waals surface area contributed by atoms with Crippen molar-refractivity contribution in [2.45, 2.75) is 19.8 Å². The summed E-state index contributed by atoms with van der Waals surface area (Å²) >= 11 is 0. The van der Waals surface area contributed by atoms with Crippen molar-refractivity contribution in [3.63, 3.8) is 0 Å². The maximum absolute atomic E-state index is 4.18. The normalized spacial score (nSPS) is 17.2. The molecule has 1 fully saturated rings. The number of aromatic nitrogens is 2. The molecule has 1 aliphatic carbocycles. The molecule has 2 N–H and O–H groups in total. The van der Waals surface area contributed by atoms with E-state index in [1.807, 2.05) is 13.1 Å². The Balaban J connectivity index is 1.86. The number of hydrogen-bond donors (Lipinski definition) is 2. The van der Waals surface area contributed by atoms with Gasteiger partial charge in [0.05, 0.1) is 0 Å². The van der Waals surface area contributed by atoms with Gasteiger partial charge in [0.25, 0.3) is 0 Å². The number of rotatable bonds is 5. The second kappa shape index (κ2) is 4.47. The van der Waals surface area contributed by atoms with Gasteiger partial charge in [-0.25, -0.2) is 9.97 Å². The Morgan fingerprint density at radius 1 is 1.40 bits per heavy atom. The molecule has 0 saturated heterocycles. The average molecular weight is 206 g/mol. The summed E-state index contributed by atoms with van der Waals surface area (Å²) in [5, 5.41) is 6.35. The van der Waals surface area contributed by atoms with Gasteiger partial charge in [-0.1, -0.05) is 6.92 Å². The smallest absolute Gasteiger partial charge is 0.131 e. The molecule has 0 amide bonds. The lowest BCUT2D eigenvalue weighted by molar-refractivity contribution is 0.536. The van der Waals surface area contributed by atoms with Crippen molar-refractivity contribution in [2.24, 2.45) is 11.8 Å². The Morgan fingerprint density at radius 2 is 2.13 bits per heavy atom. The van der Waals surface area contributed by atoms with Crippen molar-refractivity contribution in [1.82, 2.24) is 9.97 Å². The van der Waals surface area contributed by atoms with E-state index in [1.165, 1.54) is 12.8 Å². The van der Waals surface area contributed by atoms with Crippen LogP contribution in [0.4, 0.5) is 11.6 Å². The zero-order valence-electron chi connectivity index (χ0n) is 9.33. The van der Waals surface area contributed by atoms with Crippen LogP contribution < -0.4 is 10.6 Å². The van der Waals surface area contributed by atoms with Crippen LogP contribution in [0.2, 0.25) is 0 Å². The van der Waals surface area contributed by atoms with E-state index >= 15 is 0 Å². The number of anilines is 2. The lowest BCUT2D eigenvalue weighted by atomic mass is 10.1. The summed E-state index contributed by atoms with van der Waals surface area (Å²) < 4.78 is 0. The molecule has 1 aromatic rings. The molecule has 0 radical (unpaired) electrons. The fourth-order valence-electron chi connectivity index (χ4n) is 1.69. The first-order chi connectivity index (χ1) is 7.29. The van der Waals surface area contributed by atoms with E-state index in [0.717, 1.165) is 30.0 Å². The van der Waals surface area contributed by atoms with Gasteiger partial charge in [0.1, 0.15) is 18.0 Å². The topological polar surface area (TPSA) is 49.8 Å². The van der Waals surface area contributed by atoms with Gasteiger partial charge >= 0.3 is 0 Å². The minimum absolute atomic E-state index is 0.748. The number of nitrogens with zero attached hydrogens (tertiary/aromatic N) is 2. The van der Waals surface area contributed by atoms with Crippen molar-refractivity contribution >= 4 is 11.6 Å². The van der Waals surface area contributed by atoms with Gasteiger partial charge in [-0.15, -0.1) is 0 Å². The molecule has 1 aliphatic rings. The lowest BCUT2D eigenvalue weighted by Crippen LogP contribution is -2.13. The SMILES string of the molecule is CNc1cc(NCC(C)C2CC2)ncn1. The molecule has 1 saturated carbocycles. The van der Waals surface area contributed by atoms with E-state index in [1.54, 1.807) is 6.33 Å². The highest BCUT2D eigenvalue weighted by Gasteiger charge is 2.27. The van der Waals surface area contributed by atoms with E-state index in [0.29, 0.717) is 0 Å². The van der Waals surface area contributed by atoms with Gasteiger partial charge in [0.15, 0.2) is 0 Å². The highest BCUT2D eigenvalue weighted by Crippen LogP contribution is 2.36. The zero-order valence-corrected chi connectivity index (χ0v) is 9.33. The van der Waals surface area contributed by atoms with Crippen LogP contribution in [-0.4, -0.2) is 23.6 Å². The quantitative estimate of drug-likeness (QED) is 0.773. The van der Waals surface area contributed by atoms with Crippen LogP contribution in [0.3, 0.4) is 0 Å². The third-order valence-electron chi connectivity index (χ3n) is 2.96. The molecule has 1 heterocycles. The van der Waals surface area contributed by atoms with Gasteiger partial charge in [0, 0.05) is 19.7 Å². The van der Waals surface area contributed by atoms with E-state index in [2.05, 4.69) is 27.5 Å². The van der Waals surface area contributed by atoms with Crippen molar-refractivity contribution < 1.29 is 0 Å². The maximum Gasteiger partial charge on any atom is 0.131 e. The van der Waals surface area contributed by atoms with Crippen LogP contribution in [0.5, 0.6) is 0 Å². The maximum atomic E-state index is 4.18. The monoisotopic (exact) mass is 206 g/mol. The minimum Gasteiger partial charge on any atom is -0.373 e. The Hall–Kier alpha value is -1.32. The van der Waals surface area contributed by atoms with Gasteiger partial charge in [0.2, 0.25) is 0 Å². The molecule has 4 heteroatoms. The summed E-state index contributed by atoms with van der Waals surface area (Å²) in [6.45, 7) is 3.30. The largest absolute Gasteiger partial charge is 0.373 e. The second-order valence-corrected chi connectivity index (χ2v) is 4.23. The summed E-state index contributed by atoms with van der Waals surface area (Å²) in [5.74, 6) is 3.44. The van der Waals surface area contributed by atoms with Gasteiger partial charge in [-0.05, 0) is 24.7 Å². The molecule has 1 aromatic heterocycles. The summed E-state index contributed by atoms with van der Waals surface area (Å²) in [6.07, 6.45) is 4.37. The van der Waals surface area contributed by atoms with Gasteiger partial charge in [-0.2, -0.15) is 0 Å². The van der Waals surface area contributed by atoms with Crippen LogP contribution >= 0.6 is 0 Å². The van der Waals surface area contributed by atoms with Crippen molar-refractivity contribution in [3.05, 3.63) is 12.4 Å². The summed E-state index contributed by atoms with van der Waals surface area (Å²) in [7, 11) is 1.86. The van der Waals surface area contributed by atoms with Crippen LogP contribution in [0.15, 0.2) is 12.4 Å². The average Bonchev–Trinajstić information content (AvgIpc) is 3.10. The Labute approximate surface area is 90.5 Å². The molecular weight excluding hydrogens is 188 g/mol. The standard InChI is InChI=1S/C11H18N4/c1-8(9-3-4-9)6-13-11-5-10(12-2)14-7-15-11/h5,7-9H,3-4,6H2,1-2H3,(H2,12,13,14,15). The van der Waals surface area contributed by atoms with E-state index < -0.39 is 0 Å². The summed E-state index contributed by atoms with van der Waals surface area (Å²) in [6, 6.07) is 1.93. The molecular formula is C11H18N4.